The molecule has 3 aliphatic heterocycles. The summed E-state index contributed by atoms with van der Waals surface area (Å²) in [5, 5.41) is 11.1. The maximum absolute atomic E-state index is 14.4. The zero-order chi connectivity index (χ0) is 35.0. The van der Waals surface area contributed by atoms with Gasteiger partial charge in [0.25, 0.3) is 5.91 Å². The van der Waals surface area contributed by atoms with Gasteiger partial charge in [0.2, 0.25) is 17.6 Å². The molecule has 0 bridgehead atoms. The normalized spacial score (nSPS) is 34.5. The Bertz CT molecular complexity index is 1410. The molecule has 3 saturated heterocycles. The summed E-state index contributed by atoms with van der Waals surface area (Å²) >= 11 is 0. The van der Waals surface area contributed by atoms with Crippen molar-refractivity contribution in [3.05, 3.63) is 0 Å². The highest BCUT2D eigenvalue weighted by molar-refractivity contribution is 7.92. The SMILES string of the molecule is CC1(C)[C@@H]2[C@H]3C(=O)N[C@H](C(=O)C(=O)NC4CC4)CCCCCCCCC[C@H](NC(=O)NC4(C5CCCS5(=O)=O)CCCCC4)C(=O)N3C[C@@H]21. The Balaban J connectivity index is 1.22. The van der Waals surface area contributed by atoms with Crippen molar-refractivity contribution in [2.75, 3.05) is 12.3 Å². The van der Waals surface area contributed by atoms with Gasteiger partial charge in [-0.05, 0) is 68.6 Å². The summed E-state index contributed by atoms with van der Waals surface area (Å²) in [6.45, 7) is 4.55. The summed E-state index contributed by atoms with van der Waals surface area (Å²) < 4.78 is 26.2. The number of fused-ring (bicyclic) bond motifs is 3. The Morgan fingerprint density at radius 2 is 1.43 bits per heavy atom. The molecule has 5 amide bonds. The summed E-state index contributed by atoms with van der Waals surface area (Å²) in [6, 6.07) is -3.18. The number of amides is 5. The predicted molar refractivity (Wildman–Crippen MR) is 184 cm³/mol. The van der Waals surface area contributed by atoms with Crippen molar-refractivity contribution in [1.29, 1.82) is 0 Å². The molecule has 0 spiro atoms. The van der Waals surface area contributed by atoms with Gasteiger partial charge in [0.05, 0.1) is 22.6 Å². The predicted octanol–water partition coefficient (Wildman–Crippen LogP) is 3.27. The zero-order valence-corrected chi connectivity index (χ0v) is 30.2. The van der Waals surface area contributed by atoms with E-state index in [0.717, 1.165) is 70.6 Å². The van der Waals surface area contributed by atoms with Crippen LogP contribution in [-0.4, -0.2) is 90.1 Å². The number of urea groups is 1. The molecule has 3 heterocycles. The first-order valence-electron chi connectivity index (χ1n) is 19.1. The van der Waals surface area contributed by atoms with Crippen LogP contribution in [-0.2, 0) is 29.0 Å². The van der Waals surface area contributed by atoms with Crippen molar-refractivity contribution < 1.29 is 32.4 Å². The van der Waals surface area contributed by atoms with Crippen molar-refractivity contribution in [3.8, 4) is 0 Å². The zero-order valence-electron chi connectivity index (χ0n) is 29.4. The highest BCUT2D eigenvalue weighted by Crippen LogP contribution is 2.65. The molecule has 0 aromatic carbocycles. The van der Waals surface area contributed by atoms with E-state index in [2.05, 4.69) is 35.1 Å². The van der Waals surface area contributed by atoms with Crippen molar-refractivity contribution in [2.24, 2.45) is 17.3 Å². The molecular formula is C36H57N5O7S. The minimum absolute atomic E-state index is 0.0199. The molecule has 49 heavy (non-hydrogen) atoms. The molecule has 1 unspecified atom stereocenters. The largest absolute Gasteiger partial charge is 0.347 e. The van der Waals surface area contributed by atoms with E-state index in [1.54, 1.807) is 4.90 Å². The van der Waals surface area contributed by atoms with Gasteiger partial charge in [-0.15, -0.1) is 0 Å². The van der Waals surface area contributed by atoms with Gasteiger partial charge >= 0.3 is 6.03 Å². The monoisotopic (exact) mass is 703 g/mol. The van der Waals surface area contributed by atoms with Crippen LogP contribution in [0.5, 0.6) is 0 Å². The first-order valence-corrected chi connectivity index (χ1v) is 20.8. The van der Waals surface area contributed by atoms with E-state index in [1.807, 2.05) is 0 Å². The number of nitrogens with one attached hydrogen (secondary N) is 4. The molecule has 0 aromatic rings. The molecule has 13 heteroatoms. The molecule has 0 aromatic heterocycles. The second-order valence-electron chi connectivity index (χ2n) is 16.5. The van der Waals surface area contributed by atoms with E-state index in [9.17, 15) is 32.4 Å². The van der Waals surface area contributed by atoms with Crippen molar-refractivity contribution >= 4 is 39.4 Å². The smallest absolute Gasteiger partial charge is 0.315 e. The van der Waals surface area contributed by atoms with E-state index in [-0.39, 0.29) is 35.0 Å². The van der Waals surface area contributed by atoms with Crippen LogP contribution in [0.2, 0.25) is 0 Å². The Kier molecular flexibility index (Phi) is 10.7. The van der Waals surface area contributed by atoms with Crippen LogP contribution in [0.4, 0.5) is 4.79 Å². The second-order valence-corrected chi connectivity index (χ2v) is 18.8. The van der Waals surface area contributed by atoms with Gasteiger partial charge in [-0.25, -0.2) is 13.2 Å². The Hall–Kier alpha value is -2.70. The van der Waals surface area contributed by atoms with Crippen LogP contribution in [0, 0.1) is 17.3 Å². The third-order valence-electron chi connectivity index (χ3n) is 12.7. The molecule has 0 radical (unpaired) electrons. The quantitative estimate of drug-likeness (QED) is 0.308. The standard InChI is InChI=1S/C36H57N5O7S/c1-35(2)24-22-41-29(28(24)35)31(43)38-25(30(42)32(44)37-23-17-18-23)14-9-6-4-3-5-7-10-15-26(33(41)45)39-34(46)40-36(19-11-8-12-20-36)27-16-13-21-49(27,47)48/h23-29H,3-22H2,1-2H3,(H,37,44)(H,38,43)(H2,39,40,46)/t24-,25-,26-,27?,28-,29-/m0/s1. The molecule has 6 fully saturated rings. The average molecular weight is 704 g/mol. The summed E-state index contributed by atoms with van der Waals surface area (Å²) in [5.74, 6) is -1.91. The average Bonchev–Trinajstić information content (AvgIpc) is 3.83. The van der Waals surface area contributed by atoms with Crippen molar-refractivity contribution in [2.45, 2.75) is 164 Å². The van der Waals surface area contributed by atoms with E-state index >= 15 is 0 Å². The van der Waals surface area contributed by atoms with Gasteiger partial charge in [-0.3, -0.25) is 19.2 Å². The number of sulfone groups is 1. The summed E-state index contributed by atoms with van der Waals surface area (Å²) in [5.41, 5.74) is -1.02. The number of nitrogens with zero attached hydrogens (tertiary/aromatic N) is 1. The Morgan fingerprint density at radius 3 is 2.06 bits per heavy atom. The van der Waals surface area contributed by atoms with Crippen molar-refractivity contribution in [1.82, 2.24) is 26.2 Å². The highest BCUT2D eigenvalue weighted by Gasteiger charge is 2.69. The molecule has 274 valence electrons. The molecule has 6 atom stereocenters. The third-order valence-corrected chi connectivity index (χ3v) is 15.1. The van der Waals surface area contributed by atoms with Crippen LogP contribution >= 0.6 is 0 Å². The molecule has 12 nitrogen and oxygen atoms in total. The van der Waals surface area contributed by atoms with E-state index in [4.69, 9.17) is 0 Å². The lowest BCUT2D eigenvalue weighted by Gasteiger charge is -2.42. The summed E-state index contributed by atoms with van der Waals surface area (Å²) in [6.07, 6.45) is 13.6. The number of rotatable bonds is 6. The van der Waals surface area contributed by atoms with Crippen LogP contribution < -0.4 is 21.3 Å². The molecule has 3 saturated carbocycles. The van der Waals surface area contributed by atoms with E-state index in [0.29, 0.717) is 51.5 Å². The molecular weight excluding hydrogens is 646 g/mol. The number of hydrogen-bond acceptors (Lipinski definition) is 7. The topological polar surface area (TPSA) is 171 Å². The lowest BCUT2D eigenvalue weighted by molar-refractivity contribution is -0.144. The van der Waals surface area contributed by atoms with Crippen LogP contribution in [0.25, 0.3) is 0 Å². The third kappa shape index (κ3) is 7.81. The number of carbonyl (C=O) groups is 5. The van der Waals surface area contributed by atoms with Gasteiger partial charge < -0.3 is 26.2 Å². The first-order chi connectivity index (χ1) is 23.3. The number of ketones is 1. The number of piperidine rings is 1. The minimum Gasteiger partial charge on any atom is -0.347 e. The summed E-state index contributed by atoms with van der Waals surface area (Å²) in [4.78, 5) is 70.1. The second kappa shape index (κ2) is 14.5. The fraction of sp³-hybridized carbons (Fsp3) is 0.861. The fourth-order valence-corrected chi connectivity index (χ4v) is 11.9. The van der Waals surface area contributed by atoms with Gasteiger partial charge in [-0.1, -0.05) is 78.1 Å². The molecule has 4 N–H and O–H groups in total. The van der Waals surface area contributed by atoms with E-state index < -0.39 is 62.4 Å². The molecule has 6 rings (SSSR count). The maximum Gasteiger partial charge on any atom is 0.315 e. The number of Topliss-reactive ketones (excluding diaryl/α,β-unsaturated/α-hetero) is 1. The molecule has 6 aliphatic rings. The Morgan fingerprint density at radius 1 is 0.796 bits per heavy atom. The Labute approximate surface area is 291 Å². The van der Waals surface area contributed by atoms with Crippen molar-refractivity contribution in [3.63, 3.8) is 0 Å². The number of hydrogen-bond donors (Lipinski definition) is 4. The maximum atomic E-state index is 14.4. The van der Waals surface area contributed by atoms with Gasteiger partial charge in [0, 0.05) is 12.6 Å². The number of carbonyl (C=O) groups excluding carboxylic acids is 5. The van der Waals surface area contributed by atoms with Crippen LogP contribution in [0.1, 0.15) is 129 Å². The van der Waals surface area contributed by atoms with Gasteiger partial charge in [0.15, 0.2) is 9.84 Å². The fourth-order valence-electron chi connectivity index (χ4n) is 9.56. The van der Waals surface area contributed by atoms with Crippen LogP contribution in [0.3, 0.4) is 0 Å². The first kappa shape index (κ1) is 36.1. The minimum atomic E-state index is -3.33. The van der Waals surface area contributed by atoms with Crippen LogP contribution in [0.15, 0.2) is 0 Å². The molecule has 3 aliphatic carbocycles. The highest BCUT2D eigenvalue weighted by atomic mass is 32.2. The summed E-state index contributed by atoms with van der Waals surface area (Å²) in [7, 11) is -3.33. The van der Waals surface area contributed by atoms with Gasteiger partial charge in [-0.2, -0.15) is 0 Å². The lowest BCUT2D eigenvalue weighted by atomic mass is 9.78. The van der Waals surface area contributed by atoms with Gasteiger partial charge in [0.1, 0.15) is 12.1 Å². The van der Waals surface area contributed by atoms with E-state index in [1.165, 1.54) is 0 Å². The lowest BCUT2D eigenvalue weighted by Crippen LogP contribution is -2.63.